The molecule has 0 amide bonds. The van der Waals surface area contributed by atoms with Gasteiger partial charge in [0.2, 0.25) is 5.43 Å². The molecule has 0 saturated carbocycles. The number of fused-ring (bicyclic) bond motifs is 1. The molecule has 10 nitrogen and oxygen atoms in total. The van der Waals surface area contributed by atoms with E-state index in [0.717, 1.165) is 51.5 Å². The van der Waals surface area contributed by atoms with E-state index < -0.39 is 22.8 Å². The van der Waals surface area contributed by atoms with Crippen LogP contribution < -0.4 is 10.3 Å². The Morgan fingerprint density at radius 2 is 2.03 bits per heavy atom. The SMILES string of the molecule is O=C(O)c1cn(-c2nccs2)c2nc(N3CC(C(=O)CCCN4CCOCC4)C3)c(F)cc2c1=O. The zero-order valence-corrected chi connectivity index (χ0v) is 19.7. The van der Waals surface area contributed by atoms with Gasteiger partial charge in [-0.05, 0) is 19.0 Å². The number of halogens is 1. The molecule has 0 unspecified atom stereocenters. The third-order valence-corrected chi connectivity index (χ3v) is 7.18. The maximum atomic E-state index is 15.0. The van der Waals surface area contributed by atoms with Crippen LogP contribution in [0.5, 0.6) is 0 Å². The average Bonchev–Trinajstić information content (AvgIpc) is 3.34. The van der Waals surface area contributed by atoms with Crippen LogP contribution >= 0.6 is 11.3 Å². The number of aromatic carboxylic acids is 1. The minimum absolute atomic E-state index is 0.0302. The second-order valence-corrected chi connectivity index (χ2v) is 9.53. The lowest BCUT2D eigenvalue weighted by molar-refractivity contribution is -0.123. The van der Waals surface area contributed by atoms with Crippen LogP contribution in [0.15, 0.2) is 28.6 Å². The number of morpholine rings is 1. The van der Waals surface area contributed by atoms with Crippen molar-refractivity contribution in [2.24, 2.45) is 5.92 Å². The highest BCUT2D eigenvalue weighted by Crippen LogP contribution is 2.29. The fourth-order valence-electron chi connectivity index (χ4n) is 4.43. The van der Waals surface area contributed by atoms with Crippen LogP contribution in [-0.2, 0) is 9.53 Å². The maximum Gasteiger partial charge on any atom is 0.341 e. The summed E-state index contributed by atoms with van der Waals surface area (Å²) >= 11 is 1.23. The standard InChI is InChI=1S/C23H24FN5O5S/c24-17-10-15-19(31)16(22(32)33)13-29(23-25-3-9-35-23)20(15)26-21(17)28-11-14(12-28)18(30)2-1-4-27-5-7-34-8-6-27/h3,9-10,13-14H,1-2,4-8,11-12H2,(H,32,33). The number of carboxylic acid groups (broad SMARTS) is 1. The summed E-state index contributed by atoms with van der Waals surface area (Å²) in [7, 11) is 0. The zero-order valence-electron chi connectivity index (χ0n) is 18.9. The molecule has 3 aromatic heterocycles. The monoisotopic (exact) mass is 501 g/mol. The number of ether oxygens (including phenoxy) is 1. The van der Waals surface area contributed by atoms with E-state index in [0.29, 0.717) is 24.6 Å². The molecule has 3 aromatic rings. The van der Waals surface area contributed by atoms with E-state index in [2.05, 4.69) is 14.9 Å². The van der Waals surface area contributed by atoms with Crippen LogP contribution in [-0.4, -0.2) is 82.2 Å². The number of aromatic nitrogens is 3. The summed E-state index contributed by atoms with van der Waals surface area (Å²) in [5.41, 5.74) is -1.19. The highest BCUT2D eigenvalue weighted by atomic mass is 32.1. The average molecular weight is 502 g/mol. The first kappa shape index (κ1) is 23.5. The van der Waals surface area contributed by atoms with Gasteiger partial charge in [0.25, 0.3) is 0 Å². The van der Waals surface area contributed by atoms with Crippen molar-refractivity contribution < 1.29 is 23.8 Å². The Bertz CT molecular complexity index is 1320. The first-order chi connectivity index (χ1) is 16.9. The molecule has 0 aromatic carbocycles. The summed E-state index contributed by atoms with van der Waals surface area (Å²) in [4.78, 5) is 49.4. The van der Waals surface area contributed by atoms with E-state index in [1.165, 1.54) is 15.9 Å². The summed E-state index contributed by atoms with van der Waals surface area (Å²) in [6.45, 7) is 4.78. The number of ketones is 1. The number of carbonyl (C=O) groups excluding carboxylic acids is 1. The fourth-order valence-corrected chi connectivity index (χ4v) is 5.05. The molecule has 2 fully saturated rings. The molecule has 0 bridgehead atoms. The van der Waals surface area contributed by atoms with Crippen molar-refractivity contribution >= 4 is 39.9 Å². The van der Waals surface area contributed by atoms with E-state index in [4.69, 9.17) is 4.74 Å². The van der Waals surface area contributed by atoms with Crippen molar-refractivity contribution in [2.45, 2.75) is 12.8 Å². The van der Waals surface area contributed by atoms with Crippen LogP contribution in [0.4, 0.5) is 10.2 Å². The van der Waals surface area contributed by atoms with Crippen molar-refractivity contribution in [3.8, 4) is 5.13 Å². The molecule has 0 spiro atoms. The third kappa shape index (κ3) is 4.68. The van der Waals surface area contributed by atoms with Crippen LogP contribution in [0.25, 0.3) is 16.2 Å². The van der Waals surface area contributed by atoms with Gasteiger partial charge < -0.3 is 14.7 Å². The number of rotatable bonds is 8. The van der Waals surface area contributed by atoms with Gasteiger partial charge in [0.1, 0.15) is 11.3 Å². The van der Waals surface area contributed by atoms with Gasteiger partial charge in [0.15, 0.2) is 22.4 Å². The van der Waals surface area contributed by atoms with E-state index in [1.54, 1.807) is 16.5 Å². The second-order valence-electron chi connectivity index (χ2n) is 8.65. The van der Waals surface area contributed by atoms with Crippen LogP contribution in [0.3, 0.4) is 0 Å². The van der Waals surface area contributed by atoms with Crippen LogP contribution in [0, 0.1) is 11.7 Å². The van der Waals surface area contributed by atoms with E-state index in [-0.39, 0.29) is 28.6 Å². The molecule has 12 heteroatoms. The number of Topliss-reactive ketones (excluding diaryl/α,β-unsaturated/α-hetero) is 1. The molecule has 1 N–H and O–H groups in total. The summed E-state index contributed by atoms with van der Waals surface area (Å²) in [5.74, 6) is -2.15. The van der Waals surface area contributed by atoms with Crippen LogP contribution in [0.1, 0.15) is 23.2 Å². The summed E-state index contributed by atoms with van der Waals surface area (Å²) < 4.78 is 21.7. The molecule has 2 saturated heterocycles. The Hall–Kier alpha value is -3.22. The first-order valence-electron chi connectivity index (χ1n) is 11.4. The highest BCUT2D eigenvalue weighted by molar-refractivity contribution is 7.12. The predicted molar refractivity (Wildman–Crippen MR) is 127 cm³/mol. The van der Waals surface area contributed by atoms with Crippen molar-refractivity contribution in [1.29, 1.82) is 0 Å². The van der Waals surface area contributed by atoms with Crippen molar-refractivity contribution in [2.75, 3.05) is 50.8 Å². The number of anilines is 1. The Morgan fingerprint density at radius 3 is 2.71 bits per heavy atom. The van der Waals surface area contributed by atoms with Gasteiger partial charge in [-0.1, -0.05) is 0 Å². The third-order valence-electron chi connectivity index (χ3n) is 6.41. The molecule has 5 rings (SSSR count). The van der Waals surface area contributed by atoms with Crippen molar-refractivity contribution in [3.63, 3.8) is 0 Å². The molecule has 184 valence electrons. The largest absolute Gasteiger partial charge is 0.477 e. The first-order valence-corrected chi connectivity index (χ1v) is 12.3. The second kappa shape index (κ2) is 9.80. The van der Waals surface area contributed by atoms with Gasteiger partial charge in [-0.25, -0.2) is 19.2 Å². The highest BCUT2D eigenvalue weighted by Gasteiger charge is 2.35. The summed E-state index contributed by atoms with van der Waals surface area (Å²) in [6, 6.07) is 1.02. The number of nitrogens with zero attached hydrogens (tertiary/aromatic N) is 5. The minimum Gasteiger partial charge on any atom is -0.477 e. The topological polar surface area (TPSA) is 118 Å². The lowest BCUT2D eigenvalue weighted by Crippen LogP contribution is -2.51. The number of carboxylic acids is 1. The molecule has 2 aliphatic rings. The van der Waals surface area contributed by atoms with E-state index in [9.17, 15) is 19.5 Å². The fraction of sp³-hybridized carbons (Fsp3) is 0.435. The molecule has 35 heavy (non-hydrogen) atoms. The van der Waals surface area contributed by atoms with Crippen LogP contribution in [0.2, 0.25) is 0 Å². The molecular weight excluding hydrogens is 477 g/mol. The van der Waals surface area contributed by atoms with Gasteiger partial charge in [-0.2, -0.15) is 0 Å². The number of hydrogen-bond acceptors (Lipinski definition) is 9. The number of carbonyl (C=O) groups is 2. The molecular formula is C23H24FN5O5S. The molecule has 0 radical (unpaired) electrons. The number of pyridine rings is 2. The molecule has 5 heterocycles. The smallest absolute Gasteiger partial charge is 0.341 e. The quantitative estimate of drug-likeness (QED) is 0.493. The van der Waals surface area contributed by atoms with Gasteiger partial charge >= 0.3 is 5.97 Å². The lowest BCUT2D eigenvalue weighted by atomic mass is 9.92. The van der Waals surface area contributed by atoms with E-state index in [1.807, 2.05) is 0 Å². The summed E-state index contributed by atoms with van der Waals surface area (Å²) in [5, 5.41) is 11.4. The predicted octanol–water partition coefficient (Wildman–Crippen LogP) is 1.80. The zero-order chi connectivity index (χ0) is 24.5. The Labute approximate surface area is 203 Å². The lowest BCUT2D eigenvalue weighted by Gasteiger charge is -2.39. The Kier molecular flexibility index (Phi) is 6.58. The van der Waals surface area contributed by atoms with E-state index >= 15 is 4.39 Å². The molecule has 0 aliphatic carbocycles. The Morgan fingerprint density at radius 1 is 1.26 bits per heavy atom. The number of hydrogen-bond donors (Lipinski definition) is 1. The van der Waals surface area contributed by atoms with Gasteiger partial charge in [0, 0.05) is 50.4 Å². The molecule has 0 atom stereocenters. The number of thiazole rings is 1. The van der Waals surface area contributed by atoms with Gasteiger partial charge in [-0.3, -0.25) is 19.1 Å². The molecule has 2 aliphatic heterocycles. The maximum absolute atomic E-state index is 15.0. The van der Waals surface area contributed by atoms with Crippen molar-refractivity contribution in [3.05, 3.63) is 45.4 Å². The Balaban J connectivity index is 1.33. The summed E-state index contributed by atoms with van der Waals surface area (Å²) in [6.07, 6.45) is 3.96. The van der Waals surface area contributed by atoms with Crippen molar-refractivity contribution in [1.82, 2.24) is 19.4 Å². The normalized spacial score (nSPS) is 17.0. The minimum atomic E-state index is -1.41. The van der Waals surface area contributed by atoms with Gasteiger partial charge in [0.05, 0.1) is 24.5 Å². The van der Waals surface area contributed by atoms with Gasteiger partial charge in [-0.15, -0.1) is 11.3 Å².